The van der Waals surface area contributed by atoms with E-state index in [9.17, 15) is 13.2 Å². The Bertz CT molecular complexity index is 1130. The van der Waals surface area contributed by atoms with Crippen LogP contribution in [-0.4, -0.2) is 14.3 Å². The number of sulfonamides is 1. The summed E-state index contributed by atoms with van der Waals surface area (Å²) < 4.78 is 28.6. The second-order valence-corrected chi connectivity index (χ2v) is 9.01. The lowest BCUT2D eigenvalue weighted by atomic mass is 10.1. The third-order valence-electron chi connectivity index (χ3n) is 4.15. The molecular formula is C21H19BrN2O3S. The molecule has 7 heteroatoms. The molecule has 0 bridgehead atoms. The van der Waals surface area contributed by atoms with Crippen molar-refractivity contribution in [2.45, 2.75) is 18.7 Å². The van der Waals surface area contributed by atoms with Crippen molar-refractivity contribution in [2.24, 2.45) is 0 Å². The molecule has 3 aromatic rings. The van der Waals surface area contributed by atoms with E-state index < -0.39 is 10.0 Å². The predicted molar refractivity (Wildman–Crippen MR) is 115 cm³/mol. The normalized spacial score (nSPS) is 11.1. The molecule has 0 aliphatic heterocycles. The zero-order valence-corrected chi connectivity index (χ0v) is 17.8. The van der Waals surface area contributed by atoms with Crippen LogP contribution in [0.4, 0.5) is 11.4 Å². The Morgan fingerprint density at radius 3 is 2.29 bits per heavy atom. The maximum Gasteiger partial charge on any atom is 0.261 e. The molecule has 0 aliphatic carbocycles. The molecule has 0 radical (unpaired) electrons. The molecular weight excluding hydrogens is 440 g/mol. The Kier molecular flexibility index (Phi) is 5.86. The molecule has 0 spiro atoms. The summed E-state index contributed by atoms with van der Waals surface area (Å²) in [6.07, 6.45) is 0. The second kappa shape index (κ2) is 8.16. The largest absolute Gasteiger partial charge is 0.322 e. The molecule has 0 saturated carbocycles. The van der Waals surface area contributed by atoms with Gasteiger partial charge < -0.3 is 5.32 Å². The van der Waals surface area contributed by atoms with Crippen LogP contribution in [0, 0.1) is 13.8 Å². The van der Waals surface area contributed by atoms with Crippen LogP contribution in [0.5, 0.6) is 0 Å². The number of carbonyl (C=O) groups is 1. The van der Waals surface area contributed by atoms with Crippen molar-refractivity contribution in [1.29, 1.82) is 0 Å². The average Bonchev–Trinajstić information content (AvgIpc) is 2.63. The van der Waals surface area contributed by atoms with Crippen LogP contribution in [0.3, 0.4) is 0 Å². The molecule has 0 saturated heterocycles. The van der Waals surface area contributed by atoms with E-state index in [-0.39, 0.29) is 10.8 Å². The highest BCUT2D eigenvalue weighted by molar-refractivity contribution is 9.10. The zero-order chi connectivity index (χ0) is 20.3. The van der Waals surface area contributed by atoms with Crippen molar-refractivity contribution in [1.82, 2.24) is 0 Å². The Labute approximate surface area is 173 Å². The first-order valence-electron chi connectivity index (χ1n) is 8.52. The summed E-state index contributed by atoms with van der Waals surface area (Å²) in [5.74, 6) is -0.269. The number of nitrogens with one attached hydrogen (secondary N) is 2. The van der Waals surface area contributed by atoms with Crippen LogP contribution in [0.1, 0.15) is 21.5 Å². The molecule has 0 aromatic heterocycles. The van der Waals surface area contributed by atoms with Crippen LogP contribution < -0.4 is 10.0 Å². The fraction of sp³-hybridized carbons (Fsp3) is 0.0952. The average molecular weight is 459 g/mol. The molecule has 3 aromatic carbocycles. The number of carbonyl (C=O) groups excluding carboxylic acids is 1. The van der Waals surface area contributed by atoms with E-state index in [0.29, 0.717) is 22.5 Å². The molecule has 2 N–H and O–H groups in total. The summed E-state index contributed by atoms with van der Waals surface area (Å²) in [6, 6.07) is 18.7. The summed E-state index contributed by atoms with van der Waals surface area (Å²) in [4.78, 5) is 12.7. The van der Waals surface area contributed by atoms with Gasteiger partial charge in [-0.1, -0.05) is 39.7 Å². The van der Waals surface area contributed by atoms with E-state index in [1.165, 1.54) is 0 Å². The van der Waals surface area contributed by atoms with Gasteiger partial charge in [0.1, 0.15) is 0 Å². The first-order valence-corrected chi connectivity index (χ1v) is 10.8. The fourth-order valence-electron chi connectivity index (χ4n) is 2.61. The van der Waals surface area contributed by atoms with Crippen molar-refractivity contribution in [3.05, 3.63) is 87.9 Å². The van der Waals surface area contributed by atoms with Gasteiger partial charge >= 0.3 is 0 Å². The highest BCUT2D eigenvalue weighted by atomic mass is 79.9. The molecule has 0 aliphatic rings. The van der Waals surface area contributed by atoms with E-state index in [0.717, 1.165) is 10.0 Å². The Morgan fingerprint density at radius 1 is 0.929 bits per heavy atom. The van der Waals surface area contributed by atoms with Crippen molar-refractivity contribution in [3.8, 4) is 0 Å². The number of amides is 1. The Balaban J connectivity index is 1.78. The summed E-state index contributed by atoms with van der Waals surface area (Å²) in [7, 11) is -3.69. The SMILES string of the molecule is Cc1ccc(S(=O)(=O)Nc2ccc(C(=O)Nc3cccc(Br)c3)cc2C)cc1. The maximum atomic E-state index is 12.6. The van der Waals surface area contributed by atoms with Crippen LogP contribution in [0.2, 0.25) is 0 Å². The maximum absolute atomic E-state index is 12.6. The lowest BCUT2D eigenvalue weighted by molar-refractivity contribution is 0.102. The third-order valence-corrected chi connectivity index (χ3v) is 6.02. The Hall–Kier alpha value is -2.64. The highest BCUT2D eigenvalue weighted by Gasteiger charge is 2.16. The van der Waals surface area contributed by atoms with E-state index >= 15 is 0 Å². The molecule has 5 nitrogen and oxygen atoms in total. The lowest BCUT2D eigenvalue weighted by Crippen LogP contribution is -2.15. The van der Waals surface area contributed by atoms with Gasteiger partial charge in [-0.2, -0.15) is 0 Å². The van der Waals surface area contributed by atoms with Crippen LogP contribution >= 0.6 is 15.9 Å². The van der Waals surface area contributed by atoms with Crippen LogP contribution in [0.25, 0.3) is 0 Å². The fourth-order valence-corrected chi connectivity index (χ4v) is 4.14. The number of hydrogen-bond acceptors (Lipinski definition) is 3. The lowest BCUT2D eigenvalue weighted by Gasteiger charge is -2.12. The predicted octanol–water partition coefficient (Wildman–Crippen LogP) is 5.12. The molecule has 0 unspecified atom stereocenters. The number of aryl methyl sites for hydroxylation is 2. The number of benzene rings is 3. The first kappa shape index (κ1) is 20.1. The standard InChI is InChI=1S/C21H19BrN2O3S/c1-14-6-9-19(10-7-14)28(26,27)24-20-11-8-16(12-15(20)2)21(25)23-18-5-3-4-17(22)13-18/h3-13,24H,1-2H3,(H,23,25). The van der Waals surface area contributed by atoms with E-state index in [1.54, 1.807) is 61.5 Å². The van der Waals surface area contributed by atoms with E-state index in [1.807, 2.05) is 19.1 Å². The van der Waals surface area contributed by atoms with Crippen molar-refractivity contribution in [2.75, 3.05) is 10.0 Å². The van der Waals surface area contributed by atoms with Gasteiger partial charge in [0.15, 0.2) is 0 Å². The number of halogens is 1. The van der Waals surface area contributed by atoms with Gasteiger partial charge in [-0.15, -0.1) is 0 Å². The van der Waals surface area contributed by atoms with Crippen LogP contribution in [0.15, 0.2) is 76.1 Å². The second-order valence-electron chi connectivity index (χ2n) is 6.41. The summed E-state index contributed by atoms with van der Waals surface area (Å²) in [5, 5.41) is 2.82. The Morgan fingerprint density at radius 2 is 1.64 bits per heavy atom. The monoisotopic (exact) mass is 458 g/mol. The number of rotatable bonds is 5. The minimum atomic E-state index is -3.69. The molecule has 1 amide bonds. The molecule has 28 heavy (non-hydrogen) atoms. The number of hydrogen-bond donors (Lipinski definition) is 2. The highest BCUT2D eigenvalue weighted by Crippen LogP contribution is 2.22. The summed E-state index contributed by atoms with van der Waals surface area (Å²) in [6.45, 7) is 3.65. The van der Waals surface area contributed by atoms with Gasteiger partial charge in [0.25, 0.3) is 15.9 Å². The smallest absolute Gasteiger partial charge is 0.261 e. The summed E-state index contributed by atoms with van der Waals surface area (Å²) >= 11 is 3.36. The van der Waals surface area contributed by atoms with Gasteiger partial charge in [0, 0.05) is 15.7 Å². The molecule has 144 valence electrons. The van der Waals surface area contributed by atoms with E-state index in [2.05, 4.69) is 26.0 Å². The van der Waals surface area contributed by atoms with Crippen molar-refractivity contribution in [3.63, 3.8) is 0 Å². The topological polar surface area (TPSA) is 75.3 Å². The minimum Gasteiger partial charge on any atom is -0.322 e. The number of anilines is 2. The van der Waals surface area contributed by atoms with Crippen molar-refractivity contribution >= 4 is 43.2 Å². The molecule has 0 atom stereocenters. The molecule has 0 fully saturated rings. The van der Waals surface area contributed by atoms with Gasteiger partial charge in [0.2, 0.25) is 0 Å². The quantitative estimate of drug-likeness (QED) is 0.556. The molecule has 0 heterocycles. The van der Waals surface area contributed by atoms with Gasteiger partial charge in [-0.3, -0.25) is 9.52 Å². The van der Waals surface area contributed by atoms with Gasteiger partial charge in [-0.05, 0) is 67.9 Å². The van der Waals surface area contributed by atoms with Crippen molar-refractivity contribution < 1.29 is 13.2 Å². The summed E-state index contributed by atoms with van der Waals surface area (Å²) in [5.41, 5.74) is 3.17. The van der Waals surface area contributed by atoms with Gasteiger partial charge in [0.05, 0.1) is 10.6 Å². The zero-order valence-electron chi connectivity index (χ0n) is 15.4. The minimum absolute atomic E-state index is 0.189. The van der Waals surface area contributed by atoms with Gasteiger partial charge in [-0.25, -0.2) is 8.42 Å². The first-order chi connectivity index (χ1) is 13.2. The third kappa shape index (κ3) is 4.79. The molecule has 3 rings (SSSR count). The van der Waals surface area contributed by atoms with E-state index in [4.69, 9.17) is 0 Å². The van der Waals surface area contributed by atoms with Crippen LogP contribution in [-0.2, 0) is 10.0 Å².